The maximum atomic E-state index is 13.1. The van der Waals surface area contributed by atoms with Crippen molar-refractivity contribution >= 4 is 27.8 Å². The van der Waals surface area contributed by atoms with E-state index in [4.69, 9.17) is 5.11 Å². The molecule has 0 aliphatic heterocycles. The van der Waals surface area contributed by atoms with Gasteiger partial charge in [0.05, 0.1) is 16.8 Å². The van der Waals surface area contributed by atoms with Crippen LogP contribution >= 0.6 is 15.9 Å². The van der Waals surface area contributed by atoms with Crippen molar-refractivity contribution in [2.24, 2.45) is 11.8 Å². The largest absolute Gasteiger partial charge is 0.481 e. The number of aliphatic carboxylic acids is 1. The number of carboxylic acid groups (broad SMARTS) is 1. The third-order valence-electron chi connectivity index (χ3n) is 3.00. The molecule has 1 atom stereocenters. The predicted octanol–water partition coefficient (Wildman–Crippen LogP) is 2.99. The topological polar surface area (TPSA) is 66.4 Å². The van der Waals surface area contributed by atoms with Gasteiger partial charge < -0.3 is 10.4 Å². The van der Waals surface area contributed by atoms with Crippen LogP contribution in [-0.4, -0.2) is 23.5 Å². The second-order valence-electron chi connectivity index (χ2n) is 5.39. The number of amides is 1. The lowest BCUT2D eigenvalue weighted by atomic mass is 9.97. The summed E-state index contributed by atoms with van der Waals surface area (Å²) >= 11 is 3.06. The minimum absolute atomic E-state index is 0.0902. The van der Waals surface area contributed by atoms with Crippen molar-refractivity contribution in [1.82, 2.24) is 5.32 Å². The van der Waals surface area contributed by atoms with Crippen LogP contribution in [0.4, 0.5) is 4.39 Å². The maximum Gasteiger partial charge on any atom is 0.308 e. The molecule has 0 aromatic heterocycles. The Balaban J connectivity index is 2.52. The molecule has 1 unspecified atom stereocenters. The molecule has 0 aliphatic rings. The molecule has 1 aromatic rings. The Morgan fingerprint density at radius 1 is 1.38 bits per heavy atom. The normalized spacial score (nSPS) is 12.2. The van der Waals surface area contributed by atoms with Crippen molar-refractivity contribution in [1.29, 1.82) is 0 Å². The SMILES string of the molecule is CC(C)CC(CNC(=O)Cc1ccc(F)c(Br)c1)C(=O)O. The molecule has 1 amide bonds. The molecule has 0 bridgehead atoms. The summed E-state index contributed by atoms with van der Waals surface area (Å²) in [5.74, 6) is -1.91. The minimum Gasteiger partial charge on any atom is -0.481 e. The van der Waals surface area contributed by atoms with Crippen molar-refractivity contribution in [2.45, 2.75) is 26.7 Å². The first kappa shape index (κ1) is 17.6. The monoisotopic (exact) mass is 359 g/mol. The van der Waals surface area contributed by atoms with Gasteiger partial charge in [0, 0.05) is 6.54 Å². The number of rotatable bonds is 7. The molecule has 0 spiro atoms. The number of nitrogens with one attached hydrogen (secondary N) is 1. The van der Waals surface area contributed by atoms with Gasteiger partial charge in [0.25, 0.3) is 0 Å². The Morgan fingerprint density at radius 3 is 2.57 bits per heavy atom. The molecule has 0 heterocycles. The number of carboxylic acids is 1. The van der Waals surface area contributed by atoms with Gasteiger partial charge in [-0.2, -0.15) is 0 Å². The lowest BCUT2D eigenvalue weighted by molar-refractivity contribution is -0.142. The van der Waals surface area contributed by atoms with E-state index in [-0.39, 0.29) is 30.6 Å². The van der Waals surface area contributed by atoms with Crippen molar-refractivity contribution in [3.8, 4) is 0 Å². The predicted molar refractivity (Wildman–Crippen MR) is 81.4 cm³/mol. The zero-order valence-corrected chi connectivity index (χ0v) is 13.6. The first-order valence-corrected chi connectivity index (χ1v) is 7.52. The molecule has 1 aromatic carbocycles. The van der Waals surface area contributed by atoms with Crippen LogP contribution in [0.3, 0.4) is 0 Å². The van der Waals surface area contributed by atoms with E-state index in [1.54, 1.807) is 0 Å². The van der Waals surface area contributed by atoms with Crippen LogP contribution < -0.4 is 5.32 Å². The summed E-state index contributed by atoms with van der Waals surface area (Å²) in [6.07, 6.45) is 0.602. The van der Waals surface area contributed by atoms with E-state index >= 15 is 0 Å². The standard InChI is InChI=1S/C15H19BrFNO3/c1-9(2)5-11(15(20)21)8-18-14(19)7-10-3-4-13(17)12(16)6-10/h3-4,6,9,11H,5,7-8H2,1-2H3,(H,18,19)(H,20,21). The molecular formula is C15H19BrFNO3. The molecule has 1 rings (SSSR count). The van der Waals surface area contributed by atoms with Gasteiger partial charge in [-0.1, -0.05) is 19.9 Å². The molecule has 116 valence electrons. The summed E-state index contributed by atoms with van der Waals surface area (Å²) in [6, 6.07) is 4.35. The van der Waals surface area contributed by atoms with Gasteiger partial charge in [-0.15, -0.1) is 0 Å². The van der Waals surface area contributed by atoms with Gasteiger partial charge in [0.15, 0.2) is 0 Å². The number of hydrogen-bond acceptors (Lipinski definition) is 2. The second-order valence-corrected chi connectivity index (χ2v) is 6.25. The first-order valence-electron chi connectivity index (χ1n) is 6.73. The quantitative estimate of drug-likeness (QED) is 0.786. The zero-order valence-electron chi connectivity index (χ0n) is 12.0. The highest BCUT2D eigenvalue weighted by Crippen LogP contribution is 2.17. The summed E-state index contributed by atoms with van der Waals surface area (Å²) in [6.45, 7) is 3.98. The van der Waals surface area contributed by atoms with E-state index in [9.17, 15) is 14.0 Å². The number of hydrogen-bond donors (Lipinski definition) is 2. The van der Waals surface area contributed by atoms with Gasteiger partial charge in [-0.25, -0.2) is 4.39 Å². The Hall–Kier alpha value is -1.43. The Morgan fingerprint density at radius 2 is 2.05 bits per heavy atom. The number of carbonyl (C=O) groups is 2. The third kappa shape index (κ3) is 6.25. The summed E-state index contributed by atoms with van der Waals surface area (Å²) < 4.78 is 13.4. The summed E-state index contributed by atoms with van der Waals surface area (Å²) in [4.78, 5) is 22.9. The molecular weight excluding hydrogens is 341 g/mol. The number of carbonyl (C=O) groups excluding carboxylic acids is 1. The van der Waals surface area contributed by atoms with E-state index in [2.05, 4.69) is 21.2 Å². The average molecular weight is 360 g/mol. The average Bonchev–Trinajstić information content (AvgIpc) is 2.38. The molecule has 0 aliphatic carbocycles. The van der Waals surface area contributed by atoms with Crippen LogP contribution in [0.1, 0.15) is 25.8 Å². The molecule has 0 saturated heterocycles. The third-order valence-corrected chi connectivity index (χ3v) is 3.61. The van der Waals surface area contributed by atoms with Gasteiger partial charge in [-0.3, -0.25) is 9.59 Å². The first-order chi connectivity index (χ1) is 9.79. The summed E-state index contributed by atoms with van der Waals surface area (Å²) in [5.41, 5.74) is 0.663. The molecule has 0 saturated carbocycles. The highest BCUT2D eigenvalue weighted by atomic mass is 79.9. The van der Waals surface area contributed by atoms with E-state index in [1.165, 1.54) is 18.2 Å². The van der Waals surface area contributed by atoms with E-state index in [0.29, 0.717) is 16.5 Å². The van der Waals surface area contributed by atoms with Gasteiger partial charge in [0.1, 0.15) is 5.82 Å². The van der Waals surface area contributed by atoms with Crippen molar-refractivity contribution < 1.29 is 19.1 Å². The lowest BCUT2D eigenvalue weighted by Crippen LogP contribution is -2.34. The minimum atomic E-state index is -0.909. The van der Waals surface area contributed by atoms with Crippen molar-refractivity contribution in [2.75, 3.05) is 6.54 Å². The number of halogens is 2. The van der Waals surface area contributed by atoms with Crippen molar-refractivity contribution in [3.63, 3.8) is 0 Å². The highest BCUT2D eigenvalue weighted by Gasteiger charge is 2.19. The van der Waals surface area contributed by atoms with Gasteiger partial charge >= 0.3 is 5.97 Å². The maximum absolute atomic E-state index is 13.1. The van der Waals surface area contributed by atoms with E-state index < -0.39 is 11.9 Å². The van der Waals surface area contributed by atoms with Crippen LogP contribution in [0.15, 0.2) is 22.7 Å². The van der Waals surface area contributed by atoms with Crippen LogP contribution in [-0.2, 0) is 16.0 Å². The van der Waals surface area contributed by atoms with Crippen molar-refractivity contribution in [3.05, 3.63) is 34.1 Å². The van der Waals surface area contributed by atoms with E-state index in [0.717, 1.165) is 0 Å². The fourth-order valence-electron chi connectivity index (χ4n) is 1.98. The summed E-state index contributed by atoms with van der Waals surface area (Å²) in [7, 11) is 0. The summed E-state index contributed by atoms with van der Waals surface area (Å²) in [5, 5.41) is 11.7. The van der Waals surface area contributed by atoms with Gasteiger partial charge in [-0.05, 0) is 46.0 Å². The molecule has 6 heteroatoms. The van der Waals surface area contributed by atoms with Crippen LogP contribution in [0, 0.1) is 17.7 Å². The Kier molecular flexibility index (Phi) is 6.81. The van der Waals surface area contributed by atoms with Gasteiger partial charge in [0.2, 0.25) is 5.91 Å². The van der Waals surface area contributed by atoms with Crippen LogP contribution in [0.2, 0.25) is 0 Å². The van der Waals surface area contributed by atoms with Crippen LogP contribution in [0.5, 0.6) is 0 Å². The molecule has 4 nitrogen and oxygen atoms in total. The number of benzene rings is 1. The van der Waals surface area contributed by atoms with E-state index in [1.807, 2.05) is 13.8 Å². The fourth-order valence-corrected chi connectivity index (χ4v) is 2.40. The van der Waals surface area contributed by atoms with Crippen LogP contribution in [0.25, 0.3) is 0 Å². The zero-order chi connectivity index (χ0) is 16.0. The fraction of sp³-hybridized carbons (Fsp3) is 0.467. The molecule has 0 radical (unpaired) electrons. The Bertz CT molecular complexity index is 520. The molecule has 0 fully saturated rings. The Labute approximate surface area is 131 Å². The highest BCUT2D eigenvalue weighted by molar-refractivity contribution is 9.10. The smallest absolute Gasteiger partial charge is 0.308 e. The lowest BCUT2D eigenvalue weighted by Gasteiger charge is -2.15. The molecule has 2 N–H and O–H groups in total. The second kappa shape index (κ2) is 8.12. The molecule has 21 heavy (non-hydrogen) atoms.